The molecule has 3 heteroatoms. The van der Waals surface area contributed by atoms with Crippen LogP contribution in [0.5, 0.6) is 0 Å². The number of carbonyl (C=O) groups is 2. The monoisotopic (exact) mass is 241 g/mol. The van der Waals surface area contributed by atoms with Crippen LogP contribution in [0.2, 0.25) is 0 Å². The van der Waals surface area contributed by atoms with Gasteiger partial charge in [-0.05, 0) is 12.8 Å². The van der Waals surface area contributed by atoms with Crippen LogP contribution in [0.3, 0.4) is 0 Å². The van der Waals surface area contributed by atoms with Crippen LogP contribution in [0.15, 0.2) is 0 Å². The van der Waals surface area contributed by atoms with E-state index >= 15 is 0 Å². The van der Waals surface area contributed by atoms with Gasteiger partial charge in [0.1, 0.15) is 6.29 Å². The number of hydrogen-bond acceptors (Lipinski definition) is 2. The molecule has 0 atom stereocenters. The average molecular weight is 241 g/mol. The van der Waals surface area contributed by atoms with Crippen molar-refractivity contribution in [1.29, 1.82) is 0 Å². The lowest BCUT2D eigenvalue weighted by Gasteiger charge is -2.03. The standard InChI is InChI=1S/C14H27NO2/c1-2-14(17)15-12-10-8-6-4-3-5-7-9-11-13-16/h13H,2-12H2,1H3,(H,15,17). The van der Waals surface area contributed by atoms with E-state index in [9.17, 15) is 9.59 Å². The largest absolute Gasteiger partial charge is 0.356 e. The smallest absolute Gasteiger partial charge is 0.219 e. The molecule has 0 heterocycles. The van der Waals surface area contributed by atoms with E-state index in [2.05, 4.69) is 5.32 Å². The van der Waals surface area contributed by atoms with Crippen molar-refractivity contribution in [2.45, 2.75) is 71.1 Å². The van der Waals surface area contributed by atoms with Crippen LogP contribution >= 0.6 is 0 Å². The third-order valence-electron chi connectivity index (χ3n) is 2.89. The molecule has 100 valence electrons. The molecule has 0 aliphatic carbocycles. The highest BCUT2D eigenvalue weighted by atomic mass is 16.1. The van der Waals surface area contributed by atoms with Gasteiger partial charge in [0.2, 0.25) is 5.91 Å². The average Bonchev–Trinajstić information content (AvgIpc) is 2.35. The van der Waals surface area contributed by atoms with E-state index in [0.29, 0.717) is 6.42 Å². The zero-order valence-corrected chi connectivity index (χ0v) is 11.2. The van der Waals surface area contributed by atoms with Gasteiger partial charge in [0.25, 0.3) is 0 Å². The number of carbonyl (C=O) groups excluding carboxylic acids is 2. The molecule has 1 N–H and O–H groups in total. The first-order valence-corrected chi connectivity index (χ1v) is 7.01. The molecule has 0 fully saturated rings. The lowest BCUT2D eigenvalue weighted by atomic mass is 10.1. The molecule has 0 aromatic rings. The molecule has 0 aromatic heterocycles. The minimum Gasteiger partial charge on any atom is -0.356 e. The minimum absolute atomic E-state index is 0.153. The summed E-state index contributed by atoms with van der Waals surface area (Å²) in [6.45, 7) is 2.70. The van der Waals surface area contributed by atoms with E-state index in [0.717, 1.165) is 32.1 Å². The van der Waals surface area contributed by atoms with Gasteiger partial charge in [-0.2, -0.15) is 0 Å². The summed E-state index contributed by atoms with van der Waals surface area (Å²) in [6.07, 6.45) is 11.9. The minimum atomic E-state index is 0.153. The zero-order chi connectivity index (χ0) is 12.8. The van der Waals surface area contributed by atoms with Crippen molar-refractivity contribution in [3.63, 3.8) is 0 Å². The third kappa shape index (κ3) is 13.1. The zero-order valence-electron chi connectivity index (χ0n) is 11.2. The predicted octanol–water partition coefficient (Wildman–Crippen LogP) is 3.22. The van der Waals surface area contributed by atoms with Crippen LogP contribution in [0, 0.1) is 0 Å². The highest BCUT2D eigenvalue weighted by Crippen LogP contribution is 2.08. The normalized spacial score (nSPS) is 10.2. The molecule has 0 saturated heterocycles. The molecule has 0 unspecified atom stereocenters. The molecule has 0 aliphatic heterocycles. The summed E-state index contributed by atoms with van der Waals surface area (Å²) in [5.41, 5.74) is 0. The van der Waals surface area contributed by atoms with Gasteiger partial charge < -0.3 is 10.1 Å². The third-order valence-corrected chi connectivity index (χ3v) is 2.89. The van der Waals surface area contributed by atoms with Crippen LogP contribution in [0.1, 0.15) is 71.1 Å². The maximum Gasteiger partial charge on any atom is 0.219 e. The number of unbranched alkanes of at least 4 members (excludes halogenated alkanes) is 8. The van der Waals surface area contributed by atoms with Crippen molar-refractivity contribution in [2.24, 2.45) is 0 Å². The molecule has 0 rings (SSSR count). The first-order valence-electron chi connectivity index (χ1n) is 7.01. The molecule has 0 aliphatic rings. The van der Waals surface area contributed by atoms with Crippen LogP contribution in [-0.4, -0.2) is 18.7 Å². The van der Waals surface area contributed by atoms with Crippen molar-refractivity contribution in [3.05, 3.63) is 0 Å². The SMILES string of the molecule is CCC(=O)NCCCCCCCCCCC=O. The second-order valence-electron chi connectivity index (χ2n) is 4.49. The summed E-state index contributed by atoms with van der Waals surface area (Å²) < 4.78 is 0. The number of rotatable bonds is 12. The van der Waals surface area contributed by atoms with Crippen LogP contribution in [-0.2, 0) is 9.59 Å². The van der Waals surface area contributed by atoms with Gasteiger partial charge in [-0.15, -0.1) is 0 Å². The Morgan fingerprint density at radius 3 is 2.00 bits per heavy atom. The van der Waals surface area contributed by atoms with Gasteiger partial charge in [0, 0.05) is 19.4 Å². The number of aldehydes is 1. The molecule has 0 spiro atoms. The first-order chi connectivity index (χ1) is 8.31. The fraction of sp³-hybridized carbons (Fsp3) is 0.857. The Bertz CT molecular complexity index is 193. The highest BCUT2D eigenvalue weighted by Gasteiger charge is 1.95. The van der Waals surface area contributed by atoms with Gasteiger partial charge in [-0.3, -0.25) is 4.79 Å². The van der Waals surface area contributed by atoms with Gasteiger partial charge >= 0.3 is 0 Å². The summed E-state index contributed by atoms with van der Waals surface area (Å²) in [6, 6.07) is 0. The van der Waals surface area contributed by atoms with Crippen molar-refractivity contribution >= 4 is 12.2 Å². The molecular formula is C14H27NO2. The Hall–Kier alpha value is -0.860. The Morgan fingerprint density at radius 1 is 0.941 bits per heavy atom. The van der Waals surface area contributed by atoms with E-state index < -0.39 is 0 Å². The van der Waals surface area contributed by atoms with Crippen molar-refractivity contribution in [2.75, 3.05) is 6.54 Å². The summed E-state index contributed by atoms with van der Waals surface area (Å²) >= 11 is 0. The van der Waals surface area contributed by atoms with E-state index in [1.54, 1.807) is 0 Å². The van der Waals surface area contributed by atoms with E-state index in [1.807, 2.05) is 6.92 Å². The van der Waals surface area contributed by atoms with Gasteiger partial charge in [-0.1, -0.05) is 45.4 Å². The second-order valence-corrected chi connectivity index (χ2v) is 4.49. The Morgan fingerprint density at radius 2 is 1.47 bits per heavy atom. The number of amides is 1. The molecule has 0 bridgehead atoms. The van der Waals surface area contributed by atoms with Crippen LogP contribution in [0.25, 0.3) is 0 Å². The van der Waals surface area contributed by atoms with Crippen LogP contribution in [0.4, 0.5) is 0 Å². The molecule has 0 aromatic carbocycles. The Labute approximate surface area is 105 Å². The maximum absolute atomic E-state index is 10.9. The van der Waals surface area contributed by atoms with Crippen molar-refractivity contribution < 1.29 is 9.59 Å². The number of hydrogen-bond donors (Lipinski definition) is 1. The topological polar surface area (TPSA) is 46.2 Å². The quantitative estimate of drug-likeness (QED) is 0.421. The predicted molar refractivity (Wildman–Crippen MR) is 70.9 cm³/mol. The van der Waals surface area contributed by atoms with Crippen molar-refractivity contribution in [1.82, 2.24) is 5.32 Å². The summed E-state index contributed by atoms with van der Waals surface area (Å²) in [4.78, 5) is 21.0. The first kappa shape index (κ1) is 16.1. The summed E-state index contributed by atoms with van der Waals surface area (Å²) in [5.74, 6) is 0.153. The number of nitrogens with one attached hydrogen (secondary N) is 1. The van der Waals surface area contributed by atoms with Gasteiger partial charge in [0.15, 0.2) is 0 Å². The summed E-state index contributed by atoms with van der Waals surface area (Å²) in [7, 11) is 0. The molecule has 0 radical (unpaired) electrons. The highest BCUT2D eigenvalue weighted by molar-refractivity contribution is 5.75. The van der Waals surface area contributed by atoms with Gasteiger partial charge in [-0.25, -0.2) is 0 Å². The van der Waals surface area contributed by atoms with E-state index in [4.69, 9.17) is 0 Å². The van der Waals surface area contributed by atoms with E-state index in [-0.39, 0.29) is 5.91 Å². The molecule has 17 heavy (non-hydrogen) atoms. The fourth-order valence-corrected chi connectivity index (χ4v) is 1.77. The van der Waals surface area contributed by atoms with E-state index in [1.165, 1.54) is 38.5 Å². The summed E-state index contributed by atoms with van der Waals surface area (Å²) in [5, 5.41) is 2.89. The molecule has 1 amide bonds. The van der Waals surface area contributed by atoms with Crippen molar-refractivity contribution in [3.8, 4) is 0 Å². The maximum atomic E-state index is 10.9. The molecule has 0 saturated carbocycles. The van der Waals surface area contributed by atoms with Crippen LogP contribution < -0.4 is 5.32 Å². The lowest BCUT2D eigenvalue weighted by molar-refractivity contribution is -0.120. The molecule has 3 nitrogen and oxygen atoms in total. The lowest BCUT2D eigenvalue weighted by Crippen LogP contribution is -2.23. The fourth-order valence-electron chi connectivity index (χ4n) is 1.77. The Kier molecular flexibility index (Phi) is 12.5. The second kappa shape index (κ2) is 13.2. The molecular weight excluding hydrogens is 214 g/mol. The Balaban J connectivity index is 2.98. The van der Waals surface area contributed by atoms with Gasteiger partial charge in [0.05, 0.1) is 0 Å².